The van der Waals surface area contributed by atoms with Crippen molar-refractivity contribution in [2.45, 2.75) is 66.6 Å². The second-order valence-electron chi connectivity index (χ2n) is 7.46. The Bertz CT molecular complexity index is 732. The van der Waals surface area contributed by atoms with E-state index in [0.717, 1.165) is 22.3 Å². The van der Waals surface area contributed by atoms with Crippen molar-refractivity contribution < 1.29 is 19.5 Å². The molecule has 0 bridgehead atoms. The van der Waals surface area contributed by atoms with E-state index in [2.05, 4.69) is 10.3 Å². The van der Waals surface area contributed by atoms with Gasteiger partial charge in [0.1, 0.15) is 18.5 Å². The monoisotopic (exact) mass is 348 g/mol. The molecular formula is C19H28N2O4. The highest BCUT2D eigenvalue weighted by molar-refractivity contribution is 6.46. The zero-order valence-corrected chi connectivity index (χ0v) is 16.6. The lowest BCUT2D eigenvalue weighted by atomic mass is 9.88. The predicted octanol–water partition coefficient (Wildman–Crippen LogP) is 3.89. The quantitative estimate of drug-likeness (QED) is 0.664. The normalized spacial score (nSPS) is 18.9. The minimum absolute atomic E-state index is 0.144. The Morgan fingerprint density at radius 2 is 1.52 bits per heavy atom. The summed E-state index contributed by atoms with van der Waals surface area (Å²) in [5, 5.41) is 19.0. The number of hydrogen-bond acceptors (Lipinski definition) is 6. The van der Waals surface area contributed by atoms with Gasteiger partial charge in [0.15, 0.2) is 11.3 Å². The molecule has 6 nitrogen and oxygen atoms in total. The fourth-order valence-electron chi connectivity index (χ4n) is 2.61. The summed E-state index contributed by atoms with van der Waals surface area (Å²) < 4.78 is 6.08. The molecule has 1 aliphatic heterocycles. The van der Waals surface area contributed by atoms with Crippen LogP contribution in [0.25, 0.3) is 0 Å². The maximum absolute atomic E-state index is 10.8. The van der Waals surface area contributed by atoms with E-state index in [9.17, 15) is 5.11 Å². The number of phenols is 1. The smallest absolute Gasteiger partial charge is 0.281 e. The van der Waals surface area contributed by atoms with Crippen LogP contribution in [0.1, 0.15) is 55.5 Å². The zero-order chi connectivity index (χ0) is 19.2. The van der Waals surface area contributed by atoms with Crippen LogP contribution in [0.3, 0.4) is 0 Å². The first-order valence-corrected chi connectivity index (χ1v) is 8.31. The number of ether oxygens (including phenoxy) is 1. The minimum atomic E-state index is -0.642. The fraction of sp³-hybridized carbons (Fsp3) is 0.579. The molecule has 0 atom stereocenters. The first-order chi connectivity index (χ1) is 11.4. The fourth-order valence-corrected chi connectivity index (χ4v) is 2.61. The summed E-state index contributed by atoms with van der Waals surface area (Å²) in [5.74, 6) is 0.331. The molecule has 6 heteroatoms. The number of hydrogen-bond donors (Lipinski definition) is 1. The first-order valence-electron chi connectivity index (χ1n) is 8.31. The molecular weight excluding hydrogens is 320 g/mol. The van der Waals surface area contributed by atoms with Gasteiger partial charge in [0, 0.05) is 0 Å². The Morgan fingerprint density at radius 1 is 0.960 bits per heavy atom. The Hall–Kier alpha value is -2.24. The average Bonchev–Trinajstić information content (AvgIpc) is 2.53. The minimum Gasteiger partial charge on any atom is -0.507 e. The SMILES string of the molecule is CON=C(C1=NOC(C)(C)C(C)(C)O1)c1c(C)c(C)c(C)c(C)c1O. The van der Waals surface area contributed by atoms with Crippen LogP contribution in [0.4, 0.5) is 0 Å². The van der Waals surface area contributed by atoms with Crippen molar-refractivity contribution in [2.24, 2.45) is 10.3 Å². The van der Waals surface area contributed by atoms with E-state index in [1.54, 1.807) is 0 Å². The second kappa shape index (κ2) is 6.24. The molecule has 25 heavy (non-hydrogen) atoms. The van der Waals surface area contributed by atoms with Crippen molar-refractivity contribution in [3.05, 3.63) is 27.8 Å². The Morgan fingerprint density at radius 3 is 2.04 bits per heavy atom. The molecule has 1 aromatic carbocycles. The van der Waals surface area contributed by atoms with Gasteiger partial charge in [-0.25, -0.2) is 0 Å². The largest absolute Gasteiger partial charge is 0.507 e. The van der Waals surface area contributed by atoms with Crippen molar-refractivity contribution in [1.29, 1.82) is 0 Å². The van der Waals surface area contributed by atoms with Gasteiger partial charge >= 0.3 is 0 Å². The summed E-state index contributed by atoms with van der Waals surface area (Å²) in [6.07, 6.45) is 0. The Balaban J connectivity index is 2.67. The van der Waals surface area contributed by atoms with Crippen LogP contribution in [0.5, 0.6) is 5.75 Å². The topological polar surface area (TPSA) is 72.6 Å². The van der Waals surface area contributed by atoms with E-state index in [1.807, 2.05) is 55.4 Å². The van der Waals surface area contributed by atoms with Gasteiger partial charge in [-0.05, 0) is 82.8 Å². The number of aromatic hydroxyl groups is 1. The van der Waals surface area contributed by atoms with Crippen molar-refractivity contribution in [3.8, 4) is 5.75 Å². The van der Waals surface area contributed by atoms with Crippen molar-refractivity contribution >= 4 is 11.6 Å². The van der Waals surface area contributed by atoms with E-state index in [-0.39, 0.29) is 11.6 Å². The first kappa shape index (κ1) is 19.1. The molecule has 0 spiro atoms. The molecule has 1 heterocycles. The molecule has 0 amide bonds. The van der Waals surface area contributed by atoms with Crippen LogP contribution in [0.15, 0.2) is 10.3 Å². The lowest BCUT2D eigenvalue weighted by molar-refractivity contribution is -0.163. The van der Waals surface area contributed by atoms with Crippen molar-refractivity contribution in [1.82, 2.24) is 0 Å². The third-order valence-corrected chi connectivity index (χ3v) is 5.43. The lowest BCUT2D eigenvalue weighted by Crippen LogP contribution is -2.53. The molecule has 0 aliphatic carbocycles. The van der Waals surface area contributed by atoms with Gasteiger partial charge in [-0.3, -0.25) is 0 Å². The van der Waals surface area contributed by atoms with Crippen molar-refractivity contribution in [2.75, 3.05) is 7.11 Å². The van der Waals surface area contributed by atoms with Gasteiger partial charge < -0.3 is 19.5 Å². The van der Waals surface area contributed by atoms with Gasteiger partial charge in [-0.15, -0.1) is 0 Å². The predicted molar refractivity (Wildman–Crippen MR) is 98.4 cm³/mol. The molecule has 0 unspecified atom stereocenters. The summed E-state index contributed by atoms with van der Waals surface area (Å²) in [6, 6.07) is 0. The number of phenolic OH excluding ortho intramolecular Hbond substituents is 1. The standard InChI is InChI=1S/C19H28N2O4/c1-10-11(2)13(4)16(22)14(12(10)3)15(20-23-9)17-21-25-19(7,8)18(5,6)24-17/h22H,1-9H3. The van der Waals surface area contributed by atoms with E-state index in [1.165, 1.54) is 7.11 Å². The van der Waals surface area contributed by atoms with Gasteiger partial charge in [-0.1, -0.05) is 5.16 Å². The molecule has 0 saturated carbocycles. The van der Waals surface area contributed by atoms with E-state index in [4.69, 9.17) is 14.4 Å². The number of benzene rings is 1. The summed E-state index contributed by atoms with van der Waals surface area (Å²) in [5.41, 5.74) is 3.41. The Kier molecular flexibility index (Phi) is 4.77. The summed E-state index contributed by atoms with van der Waals surface area (Å²) in [4.78, 5) is 10.7. The Labute approximate surface area is 149 Å². The molecule has 138 valence electrons. The van der Waals surface area contributed by atoms with Crippen LogP contribution in [0, 0.1) is 27.7 Å². The third-order valence-electron chi connectivity index (χ3n) is 5.43. The lowest BCUT2D eigenvalue weighted by Gasteiger charge is -2.42. The second-order valence-corrected chi connectivity index (χ2v) is 7.46. The van der Waals surface area contributed by atoms with Crippen LogP contribution < -0.4 is 0 Å². The maximum Gasteiger partial charge on any atom is 0.281 e. The maximum atomic E-state index is 10.8. The average molecular weight is 348 g/mol. The molecule has 1 aliphatic rings. The molecule has 0 radical (unpaired) electrons. The van der Waals surface area contributed by atoms with Gasteiger partial charge in [0.2, 0.25) is 0 Å². The summed E-state index contributed by atoms with van der Waals surface area (Å²) in [7, 11) is 1.44. The number of nitrogens with zero attached hydrogens (tertiary/aromatic N) is 2. The van der Waals surface area contributed by atoms with E-state index < -0.39 is 11.2 Å². The summed E-state index contributed by atoms with van der Waals surface area (Å²) in [6.45, 7) is 15.5. The third kappa shape index (κ3) is 3.05. The highest BCUT2D eigenvalue weighted by atomic mass is 16.7. The highest BCUT2D eigenvalue weighted by Crippen LogP contribution is 2.36. The molecule has 0 fully saturated rings. The van der Waals surface area contributed by atoms with Gasteiger partial charge in [0.05, 0.1) is 5.56 Å². The number of oxime groups is 2. The zero-order valence-electron chi connectivity index (χ0n) is 16.6. The molecule has 0 saturated heterocycles. The van der Waals surface area contributed by atoms with Crippen LogP contribution in [-0.4, -0.2) is 35.0 Å². The van der Waals surface area contributed by atoms with Crippen LogP contribution in [-0.2, 0) is 14.4 Å². The van der Waals surface area contributed by atoms with Gasteiger partial charge in [0.25, 0.3) is 5.90 Å². The molecule has 1 N–H and O–H groups in total. The molecule has 1 aromatic rings. The van der Waals surface area contributed by atoms with E-state index in [0.29, 0.717) is 11.3 Å². The summed E-state index contributed by atoms with van der Waals surface area (Å²) >= 11 is 0. The van der Waals surface area contributed by atoms with Crippen LogP contribution in [0.2, 0.25) is 0 Å². The molecule has 2 rings (SSSR count). The van der Waals surface area contributed by atoms with Crippen LogP contribution >= 0.6 is 0 Å². The van der Waals surface area contributed by atoms with E-state index >= 15 is 0 Å². The van der Waals surface area contributed by atoms with Crippen molar-refractivity contribution in [3.63, 3.8) is 0 Å². The number of rotatable bonds is 3. The molecule has 0 aromatic heterocycles. The highest BCUT2D eigenvalue weighted by Gasteiger charge is 2.47. The van der Waals surface area contributed by atoms with Gasteiger partial charge in [-0.2, -0.15) is 0 Å².